The second-order valence-corrected chi connectivity index (χ2v) is 4.54. The Hall–Kier alpha value is -2.28. The summed E-state index contributed by atoms with van der Waals surface area (Å²) < 4.78 is 5.27. The lowest BCUT2D eigenvalue weighted by molar-refractivity contribution is -0.121. The third-order valence-corrected chi connectivity index (χ3v) is 3.28. The van der Waals surface area contributed by atoms with Crippen LogP contribution in [0.15, 0.2) is 18.2 Å². The minimum atomic E-state index is -0.545. The number of morpholine rings is 1. The molecule has 7 heteroatoms. The first-order chi connectivity index (χ1) is 9.54. The van der Waals surface area contributed by atoms with Gasteiger partial charge in [0.05, 0.1) is 24.6 Å². The number of primary amides is 1. The van der Waals surface area contributed by atoms with E-state index in [1.807, 2.05) is 4.90 Å². The molecule has 0 aromatic heterocycles. The van der Waals surface area contributed by atoms with Gasteiger partial charge in [0.1, 0.15) is 6.04 Å². The van der Waals surface area contributed by atoms with E-state index in [9.17, 15) is 9.59 Å². The predicted octanol–water partition coefficient (Wildman–Crippen LogP) is -0.681. The van der Waals surface area contributed by atoms with Crippen LogP contribution in [0, 0.1) is 0 Å². The monoisotopic (exact) mass is 278 g/mol. The van der Waals surface area contributed by atoms with E-state index in [1.54, 1.807) is 25.2 Å². The summed E-state index contributed by atoms with van der Waals surface area (Å²) in [6.45, 7) is 1.27. The van der Waals surface area contributed by atoms with E-state index in [1.165, 1.54) is 0 Å². The molecule has 0 spiro atoms. The lowest BCUT2D eigenvalue weighted by Crippen LogP contribution is -2.52. The highest BCUT2D eigenvalue weighted by molar-refractivity contribution is 5.96. The molecule has 0 bridgehead atoms. The molecule has 1 atom stereocenters. The SMILES string of the molecule is CNC(=O)c1ccc(N2CCOCC2C(N)=O)c(N)c1. The lowest BCUT2D eigenvalue weighted by atomic mass is 10.1. The molecule has 0 aliphatic carbocycles. The van der Waals surface area contributed by atoms with Crippen LogP contribution >= 0.6 is 0 Å². The normalized spacial score (nSPS) is 18.6. The van der Waals surface area contributed by atoms with E-state index < -0.39 is 11.9 Å². The summed E-state index contributed by atoms with van der Waals surface area (Å²) in [5.41, 5.74) is 13.0. The fourth-order valence-electron chi connectivity index (χ4n) is 2.23. The highest BCUT2D eigenvalue weighted by Gasteiger charge is 2.29. The molecule has 2 rings (SSSR count). The number of ether oxygens (including phenoxy) is 1. The van der Waals surface area contributed by atoms with Gasteiger partial charge in [-0.2, -0.15) is 0 Å². The first-order valence-electron chi connectivity index (χ1n) is 6.30. The Morgan fingerprint density at radius 2 is 2.20 bits per heavy atom. The van der Waals surface area contributed by atoms with Crippen LogP contribution in [0.3, 0.4) is 0 Å². The Kier molecular flexibility index (Phi) is 4.09. The average Bonchev–Trinajstić information content (AvgIpc) is 2.46. The van der Waals surface area contributed by atoms with Gasteiger partial charge in [-0.05, 0) is 18.2 Å². The van der Waals surface area contributed by atoms with Crippen LogP contribution < -0.4 is 21.7 Å². The molecule has 1 aromatic rings. The Labute approximate surface area is 116 Å². The number of carbonyl (C=O) groups is 2. The number of hydrogen-bond donors (Lipinski definition) is 3. The molecule has 20 heavy (non-hydrogen) atoms. The molecule has 1 aromatic carbocycles. The molecule has 1 aliphatic heterocycles. The smallest absolute Gasteiger partial charge is 0.251 e. The van der Waals surface area contributed by atoms with Gasteiger partial charge in [0, 0.05) is 19.2 Å². The fourth-order valence-corrected chi connectivity index (χ4v) is 2.23. The van der Waals surface area contributed by atoms with Gasteiger partial charge in [0.2, 0.25) is 5.91 Å². The topological polar surface area (TPSA) is 111 Å². The van der Waals surface area contributed by atoms with Gasteiger partial charge < -0.3 is 26.4 Å². The van der Waals surface area contributed by atoms with Gasteiger partial charge in [-0.3, -0.25) is 9.59 Å². The fraction of sp³-hybridized carbons (Fsp3) is 0.385. The maximum absolute atomic E-state index is 11.6. The van der Waals surface area contributed by atoms with Crippen LogP contribution in [0.1, 0.15) is 10.4 Å². The van der Waals surface area contributed by atoms with E-state index in [-0.39, 0.29) is 12.5 Å². The Morgan fingerprint density at radius 1 is 1.45 bits per heavy atom. The minimum Gasteiger partial charge on any atom is -0.397 e. The quantitative estimate of drug-likeness (QED) is 0.634. The second-order valence-electron chi connectivity index (χ2n) is 4.54. The Balaban J connectivity index is 2.31. The van der Waals surface area contributed by atoms with Crippen LogP contribution in [0.5, 0.6) is 0 Å². The summed E-state index contributed by atoms with van der Waals surface area (Å²) in [5.74, 6) is -0.670. The van der Waals surface area contributed by atoms with Crippen molar-refractivity contribution >= 4 is 23.2 Å². The van der Waals surface area contributed by atoms with Crippen molar-refractivity contribution in [2.24, 2.45) is 5.73 Å². The largest absolute Gasteiger partial charge is 0.397 e. The van der Waals surface area contributed by atoms with Crippen molar-refractivity contribution in [2.75, 3.05) is 37.4 Å². The molecule has 1 saturated heterocycles. The summed E-state index contributed by atoms with van der Waals surface area (Å²) in [5, 5.41) is 2.53. The zero-order chi connectivity index (χ0) is 14.7. The van der Waals surface area contributed by atoms with E-state index in [0.29, 0.717) is 30.1 Å². The van der Waals surface area contributed by atoms with Crippen molar-refractivity contribution < 1.29 is 14.3 Å². The summed E-state index contributed by atoms with van der Waals surface area (Å²) >= 11 is 0. The van der Waals surface area contributed by atoms with Crippen LogP contribution in [0.4, 0.5) is 11.4 Å². The Bertz CT molecular complexity index is 532. The first-order valence-corrected chi connectivity index (χ1v) is 6.30. The van der Waals surface area contributed by atoms with Gasteiger partial charge >= 0.3 is 0 Å². The molecule has 2 amide bonds. The first kappa shape index (κ1) is 14.1. The molecule has 108 valence electrons. The zero-order valence-electron chi connectivity index (χ0n) is 11.3. The average molecular weight is 278 g/mol. The zero-order valence-corrected chi connectivity index (χ0v) is 11.3. The molecule has 1 unspecified atom stereocenters. The van der Waals surface area contributed by atoms with Crippen molar-refractivity contribution in [1.29, 1.82) is 0 Å². The van der Waals surface area contributed by atoms with Gasteiger partial charge in [0.15, 0.2) is 0 Å². The summed E-state index contributed by atoms with van der Waals surface area (Å²) in [6, 6.07) is 4.43. The summed E-state index contributed by atoms with van der Waals surface area (Å²) in [4.78, 5) is 24.8. The van der Waals surface area contributed by atoms with Crippen LogP contribution in [-0.4, -0.2) is 44.7 Å². The summed E-state index contributed by atoms with van der Waals surface area (Å²) in [7, 11) is 1.55. The maximum atomic E-state index is 11.6. The van der Waals surface area contributed by atoms with Crippen LogP contribution in [0.2, 0.25) is 0 Å². The van der Waals surface area contributed by atoms with E-state index in [4.69, 9.17) is 16.2 Å². The number of rotatable bonds is 3. The second kappa shape index (κ2) is 5.79. The predicted molar refractivity (Wildman–Crippen MR) is 75.4 cm³/mol. The molecule has 5 N–H and O–H groups in total. The number of nitrogen functional groups attached to an aromatic ring is 1. The number of nitrogens with zero attached hydrogens (tertiary/aromatic N) is 1. The van der Waals surface area contributed by atoms with E-state index in [0.717, 1.165) is 0 Å². The van der Waals surface area contributed by atoms with Crippen molar-refractivity contribution in [3.8, 4) is 0 Å². The summed E-state index contributed by atoms with van der Waals surface area (Å²) in [6.07, 6.45) is 0. The number of carbonyl (C=O) groups excluding carboxylic acids is 2. The van der Waals surface area contributed by atoms with Crippen molar-refractivity contribution in [3.05, 3.63) is 23.8 Å². The lowest BCUT2D eigenvalue weighted by Gasteiger charge is -2.36. The Morgan fingerprint density at radius 3 is 2.80 bits per heavy atom. The number of hydrogen-bond acceptors (Lipinski definition) is 5. The number of anilines is 2. The highest BCUT2D eigenvalue weighted by Crippen LogP contribution is 2.27. The van der Waals surface area contributed by atoms with Crippen molar-refractivity contribution in [1.82, 2.24) is 5.32 Å². The maximum Gasteiger partial charge on any atom is 0.251 e. The van der Waals surface area contributed by atoms with Gasteiger partial charge in [-0.15, -0.1) is 0 Å². The van der Waals surface area contributed by atoms with Crippen molar-refractivity contribution in [2.45, 2.75) is 6.04 Å². The number of amides is 2. The number of nitrogens with one attached hydrogen (secondary N) is 1. The van der Waals surface area contributed by atoms with Gasteiger partial charge in [0.25, 0.3) is 5.91 Å². The van der Waals surface area contributed by atoms with Crippen LogP contribution in [0.25, 0.3) is 0 Å². The van der Waals surface area contributed by atoms with E-state index >= 15 is 0 Å². The standard InChI is InChI=1S/C13H18N4O3/c1-16-13(19)8-2-3-10(9(14)6-8)17-4-5-20-7-11(17)12(15)18/h2-3,6,11H,4-5,7,14H2,1H3,(H2,15,18)(H,16,19). The number of benzene rings is 1. The highest BCUT2D eigenvalue weighted by atomic mass is 16.5. The van der Waals surface area contributed by atoms with Gasteiger partial charge in [-0.1, -0.05) is 0 Å². The number of nitrogens with two attached hydrogens (primary N) is 2. The van der Waals surface area contributed by atoms with Gasteiger partial charge in [-0.25, -0.2) is 0 Å². The van der Waals surface area contributed by atoms with Crippen molar-refractivity contribution in [3.63, 3.8) is 0 Å². The minimum absolute atomic E-state index is 0.211. The third-order valence-electron chi connectivity index (χ3n) is 3.28. The molecular weight excluding hydrogens is 260 g/mol. The molecular formula is C13H18N4O3. The molecule has 1 aliphatic rings. The third kappa shape index (κ3) is 2.67. The van der Waals surface area contributed by atoms with Crippen LogP contribution in [-0.2, 0) is 9.53 Å². The molecule has 7 nitrogen and oxygen atoms in total. The molecule has 1 heterocycles. The molecule has 1 fully saturated rings. The molecule has 0 saturated carbocycles. The van der Waals surface area contributed by atoms with E-state index in [2.05, 4.69) is 5.32 Å². The molecule has 0 radical (unpaired) electrons.